The zero-order valence-corrected chi connectivity index (χ0v) is 9.29. The molecule has 1 rings (SSSR count). The van der Waals surface area contributed by atoms with Crippen LogP contribution in [-0.4, -0.2) is 36.6 Å². The maximum absolute atomic E-state index is 9.05. The largest absolute Gasteiger partial charge is 0.317 e. The molecule has 80 valence electrons. The highest BCUT2D eigenvalue weighted by atomic mass is 15.2. The molecule has 1 N–H and O–H groups in total. The van der Waals surface area contributed by atoms with Crippen LogP contribution in [0.4, 0.5) is 0 Å². The summed E-state index contributed by atoms with van der Waals surface area (Å²) in [6.07, 6.45) is 3.31. The Kier molecular flexibility index (Phi) is 4.92. The Morgan fingerprint density at radius 2 is 2.07 bits per heavy atom. The average Bonchev–Trinajstić information content (AvgIpc) is 2.27. The van der Waals surface area contributed by atoms with Crippen molar-refractivity contribution in [2.24, 2.45) is 0 Å². The summed E-state index contributed by atoms with van der Waals surface area (Å²) in [7, 11) is 0. The first kappa shape index (κ1) is 11.5. The van der Waals surface area contributed by atoms with Gasteiger partial charge in [-0.2, -0.15) is 5.26 Å². The maximum Gasteiger partial charge on any atom is 0.0977 e. The third-order valence-corrected chi connectivity index (χ3v) is 3.08. The fourth-order valence-electron chi connectivity index (χ4n) is 2.27. The molecule has 0 saturated carbocycles. The Morgan fingerprint density at radius 3 is 2.50 bits per heavy atom. The minimum absolute atomic E-state index is 0.114. The Hall–Kier alpha value is -0.590. The topological polar surface area (TPSA) is 39.1 Å². The van der Waals surface area contributed by atoms with E-state index in [0.29, 0.717) is 6.04 Å². The van der Waals surface area contributed by atoms with E-state index in [1.165, 1.54) is 12.8 Å². The van der Waals surface area contributed by atoms with Gasteiger partial charge < -0.3 is 5.32 Å². The van der Waals surface area contributed by atoms with E-state index in [1.54, 1.807) is 0 Å². The molecule has 1 saturated heterocycles. The Labute approximate surface area is 87.1 Å². The zero-order chi connectivity index (χ0) is 10.4. The lowest BCUT2D eigenvalue weighted by Gasteiger charge is -2.36. The quantitative estimate of drug-likeness (QED) is 0.736. The first-order chi connectivity index (χ1) is 6.83. The van der Waals surface area contributed by atoms with Gasteiger partial charge in [-0.3, -0.25) is 4.90 Å². The van der Waals surface area contributed by atoms with Crippen molar-refractivity contribution in [3.63, 3.8) is 0 Å². The number of hydrogen-bond donors (Lipinski definition) is 1. The molecule has 0 spiro atoms. The third kappa shape index (κ3) is 2.70. The van der Waals surface area contributed by atoms with Crippen LogP contribution in [0.15, 0.2) is 0 Å². The van der Waals surface area contributed by atoms with Crippen LogP contribution in [0.5, 0.6) is 0 Å². The molecule has 1 fully saturated rings. The maximum atomic E-state index is 9.05. The summed E-state index contributed by atoms with van der Waals surface area (Å²) in [4.78, 5) is 2.36. The van der Waals surface area contributed by atoms with E-state index in [-0.39, 0.29) is 6.04 Å². The van der Waals surface area contributed by atoms with Crippen LogP contribution in [0.25, 0.3) is 0 Å². The highest BCUT2D eigenvalue weighted by Crippen LogP contribution is 2.16. The van der Waals surface area contributed by atoms with Crippen LogP contribution in [0.2, 0.25) is 0 Å². The average molecular weight is 195 g/mol. The lowest BCUT2D eigenvalue weighted by Crippen LogP contribution is -2.47. The van der Waals surface area contributed by atoms with Gasteiger partial charge in [0.1, 0.15) is 0 Å². The molecule has 1 atom stereocenters. The first-order valence-corrected chi connectivity index (χ1v) is 5.69. The molecule has 1 heterocycles. The molecule has 0 amide bonds. The second kappa shape index (κ2) is 6.00. The fourth-order valence-corrected chi connectivity index (χ4v) is 2.27. The van der Waals surface area contributed by atoms with Gasteiger partial charge in [-0.05, 0) is 38.9 Å². The molecule has 0 bridgehead atoms. The van der Waals surface area contributed by atoms with Crippen LogP contribution < -0.4 is 5.32 Å². The standard InChI is InChI=1S/C11H21N3/c1-3-10(9-12)14(4-2)11-5-7-13-8-6-11/h10-11,13H,3-8H2,1-2H3. The van der Waals surface area contributed by atoms with Crippen molar-refractivity contribution in [3.05, 3.63) is 0 Å². The van der Waals surface area contributed by atoms with Gasteiger partial charge in [-0.1, -0.05) is 13.8 Å². The minimum atomic E-state index is 0.114. The Morgan fingerprint density at radius 1 is 1.43 bits per heavy atom. The number of nitrogens with one attached hydrogen (secondary N) is 1. The SMILES string of the molecule is CCC(C#N)N(CC)C1CCNCC1. The molecule has 3 heteroatoms. The monoisotopic (exact) mass is 195 g/mol. The molecule has 1 aliphatic heterocycles. The predicted octanol–water partition coefficient (Wildman–Crippen LogP) is 1.36. The summed E-state index contributed by atoms with van der Waals surface area (Å²) in [5, 5.41) is 12.4. The Balaban J connectivity index is 2.55. The van der Waals surface area contributed by atoms with Gasteiger partial charge in [0.25, 0.3) is 0 Å². The van der Waals surface area contributed by atoms with Crippen LogP contribution in [0, 0.1) is 11.3 Å². The van der Waals surface area contributed by atoms with Crippen molar-refractivity contribution in [1.29, 1.82) is 5.26 Å². The van der Waals surface area contributed by atoms with Gasteiger partial charge >= 0.3 is 0 Å². The molecule has 1 aliphatic rings. The van der Waals surface area contributed by atoms with Crippen LogP contribution in [-0.2, 0) is 0 Å². The molecule has 0 aliphatic carbocycles. The first-order valence-electron chi connectivity index (χ1n) is 5.69. The third-order valence-electron chi connectivity index (χ3n) is 3.08. The van der Waals surface area contributed by atoms with Crippen molar-refractivity contribution in [2.45, 2.75) is 45.2 Å². The Bertz CT molecular complexity index is 191. The van der Waals surface area contributed by atoms with Crippen LogP contribution in [0.1, 0.15) is 33.1 Å². The molecular weight excluding hydrogens is 174 g/mol. The van der Waals surface area contributed by atoms with Gasteiger partial charge in [0.15, 0.2) is 0 Å². The van der Waals surface area contributed by atoms with Gasteiger partial charge in [-0.15, -0.1) is 0 Å². The van der Waals surface area contributed by atoms with E-state index in [1.807, 2.05) is 0 Å². The number of nitrogens with zero attached hydrogens (tertiary/aromatic N) is 2. The van der Waals surface area contributed by atoms with Gasteiger partial charge in [0.05, 0.1) is 12.1 Å². The molecular formula is C11H21N3. The van der Waals surface area contributed by atoms with Crippen molar-refractivity contribution in [3.8, 4) is 6.07 Å². The summed E-state index contributed by atoms with van der Waals surface area (Å²) in [5.41, 5.74) is 0. The number of piperidine rings is 1. The van der Waals surface area contributed by atoms with Crippen molar-refractivity contribution in [1.82, 2.24) is 10.2 Å². The molecule has 0 radical (unpaired) electrons. The van der Waals surface area contributed by atoms with Gasteiger partial charge in [0, 0.05) is 6.04 Å². The van der Waals surface area contributed by atoms with Crippen molar-refractivity contribution < 1.29 is 0 Å². The zero-order valence-electron chi connectivity index (χ0n) is 9.29. The van der Waals surface area contributed by atoms with E-state index in [0.717, 1.165) is 26.1 Å². The minimum Gasteiger partial charge on any atom is -0.317 e. The summed E-state index contributed by atoms with van der Waals surface area (Å²) < 4.78 is 0. The molecule has 3 nitrogen and oxygen atoms in total. The summed E-state index contributed by atoms with van der Waals surface area (Å²) in [5.74, 6) is 0. The lowest BCUT2D eigenvalue weighted by atomic mass is 10.0. The number of rotatable bonds is 4. The highest BCUT2D eigenvalue weighted by molar-refractivity contribution is 4.94. The lowest BCUT2D eigenvalue weighted by molar-refractivity contribution is 0.139. The smallest absolute Gasteiger partial charge is 0.0977 e. The van der Waals surface area contributed by atoms with E-state index in [9.17, 15) is 0 Å². The molecule has 14 heavy (non-hydrogen) atoms. The van der Waals surface area contributed by atoms with E-state index in [4.69, 9.17) is 5.26 Å². The van der Waals surface area contributed by atoms with Crippen LogP contribution >= 0.6 is 0 Å². The molecule has 0 aromatic heterocycles. The second-order valence-electron chi connectivity index (χ2n) is 3.86. The normalized spacial score (nSPS) is 20.7. The predicted molar refractivity (Wildman–Crippen MR) is 58.0 cm³/mol. The molecule has 0 aromatic carbocycles. The fraction of sp³-hybridized carbons (Fsp3) is 0.909. The number of nitriles is 1. The van der Waals surface area contributed by atoms with E-state index >= 15 is 0 Å². The van der Waals surface area contributed by atoms with Crippen molar-refractivity contribution >= 4 is 0 Å². The van der Waals surface area contributed by atoms with Gasteiger partial charge in [0.2, 0.25) is 0 Å². The molecule has 0 aromatic rings. The van der Waals surface area contributed by atoms with Crippen LogP contribution in [0.3, 0.4) is 0 Å². The summed E-state index contributed by atoms with van der Waals surface area (Å²) in [6, 6.07) is 3.14. The summed E-state index contributed by atoms with van der Waals surface area (Å²) in [6.45, 7) is 7.45. The van der Waals surface area contributed by atoms with E-state index < -0.39 is 0 Å². The van der Waals surface area contributed by atoms with Gasteiger partial charge in [-0.25, -0.2) is 0 Å². The molecule has 1 unspecified atom stereocenters. The van der Waals surface area contributed by atoms with E-state index in [2.05, 4.69) is 30.1 Å². The van der Waals surface area contributed by atoms with Crippen molar-refractivity contribution in [2.75, 3.05) is 19.6 Å². The number of hydrogen-bond acceptors (Lipinski definition) is 3. The second-order valence-corrected chi connectivity index (χ2v) is 3.86. The highest BCUT2D eigenvalue weighted by Gasteiger charge is 2.24. The summed E-state index contributed by atoms with van der Waals surface area (Å²) >= 11 is 0.